The summed E-state index contributed by atoms with van der Waals surface area (Å²) < 4.78 is 7.52. The van der Waals surface area contributed by atoms with E-state index in [0.717, 1.165) is 36.0 Å². The van der Waals surface area contributed by atoms with Gasteiger partial charge in [0.05, 0.1) is 36.9 Å². The number of morpholine rings is 1. The average Bonchev–Trinajstić information content (AvgIpc) is 3.21. The van der Waals surface area contributed by atoms with Crippen LogP contribution in [0.2, 0.25) is 0 Å². The fraction of sp³-hybridized carbons (Fsp3) is 0.333. The van der Waals surface area contributed by atoms with E-state index in [9.17, 15) is 4.79 Å². The third-order valence-corrected chi connectivity index (χ3v) is 5.72. The molecule has 1 aliphatic heterocycles. The monoisotopic (exact) mass is 424 g/mol. The molecule has 0 bridgehead atoms. The average molecular weight is 425 g/mol. The quantitative estimate of drug-likeness (QED) is 0.582. The van der Waals surface area contributed by atoms with Crippen molar-refractivity contribution in [1.82, 2.24) is 25.1 Å². The third-order valence-electron chi connectivity index (χ3n) is 4.79. The molecule has 0 radical (unpaired) electrons. The van der Waals surface area contributed by atoms with Crippen molar-refractivity contribution in [2.75, 3.05) is 37.0 Å². The summed E-state index contributed by atoms with van der Waals surface area (Å²) in [5.41, 5.74) is 2.96. The Morgan fingerprint density at radius 1 is 1.13 bits per heavy atom. The van der Waals surface area contributed by atoms with Crippen LogP contribution in [0.4, 0.5) is 5.95 Å². The second-order valence-corrected chi connectivity index (χ2v) is 7.83. The van der Waals surface area contributed by atoms with Crippen LogP contribution in [-0.2, 0) is 16.1 Å². The number of aromatic nitrogens is 4. The van der Waals surface area contributed by atoms with Gasteiger partial charge in [-0.3, -0.25) is 14.3 Å². The van der Waals surface area contributed by atoms with Crippen LogP contribution in [0, 0.1) is 6.92 Å². The van der Waals surface area contributed by atoms with Gasteiger partial charge >= 0.3 is 0 Å². The minimum absolute atomic E-state index is 0.0714. The van der Waals surface area contributed by atoms with E-state index in [2.05, 4.69) is 38.4 Å². The highest BCUT2D eigenvalue weighted by atomic mass is 32.2. The Kier molecular flexibility index (Phi) is 6.60. The fourth-order valence-electron chi connectivity index (χ4n) is 3.22. The number of benzene rings is 1. The lowest BCUT2D eigenvalue weighted by Crippen LogP contribution is -2.38. The van der Waals surface area contributed by atoms with Gasteiger partial charge in [0.1, 0.15) is 0 Å². The molecule has 2 aromatic heterocycles. The lowest BCUT2D eigenvalue weighted by atomic mass is 10.2. The maximum Gasteiger partial charge on any atom is 0.232 e. The van der Waals surface area contributed by atoms with Crippen molar-refractivity contribution < 1.29 is 9.53 Å². The highest BCUT2D eigenvalue weighted by molar-refractivity contribution is 7.99. The van der Waals surface area contributed by atoms with E-state index in [0.29, 0.717) is 24.9 Å². The number of carbonyl (C=O) groups excluding carboxylic acids is 1. The summed E-state index contributed by atoms with van der Waals surface area (Å²) in [7, 11) is 0. The zero-order valence-corrected chi connectivity index (χ0v) is 17.6. The number of thioether (sulfide) groups is 1. The fourth-order valence-corrected chi connectivity index (χ4v) is 3.99. The van der Waals surface area contributed by atoms with E-state index in [1.54, 1.807) is 6.20 Å². The summed E-state index contributed by atoms with van der Waals surface area (Å²) >= 11 is 1.38. The van der Waals surface area contributed by atoms with Gasteiger partial charge in [-0.25, -0.2) is 0 Å². The topological polar surface area (TPSA) is 85.2 Å². The number of ether oxygens (including phenoxy) is 1. The molecule has 4 rings (SSSR count). The van der Waals surface area contributed by atoms with Crippen LogP contribution >= 0.6 is 11.8 Å². The Morgan fingerprint density at radius 3 is 2.70 bits per heavy atom. The molecule has 1 saturated heterocycles. The van der Waals surface area contributed by atoms with E-state index in [1.807, 2.05) is 41.0 Å². The van der Waals surface area contributed by atoms with Crippen molar-refractivity contribution in [3.05, 3.63) is 59.9 Å². The van der Waals surface area contributed by atoms with Crippen LogP contribution in [0.15, 0.2) is 53.8 Å². The number of nitrogens with zero attached hydrogens (tertiary/aromatic N) is 5. The number of hydrogen-bond donors (Lipinski definition) is 1. The number of para-hydroxylation sites is 1. The number of rotatable bonds is 7. The molecule has 0 unspecified atom stereocenters. The number of carbonyl (C=O) groups is 1. The minimum Gasteiger partial charge on any atom is -0.378 e. The molecule has 1 N–H and O–H groups in total. The Morgan fingerprint density at radius 2 is 1.93 bits per heavy atom. The number of hydrogen-bond acceptors (Lipinski definition) is 7. The van der Waals surface area contributed by atoms with Gasteiger partial charge in [0.25, 0.3) is 0 Å². The van der Waals surface area contributed by atoms with E-state index in [4.69, 9.17) is 4.74 Å². The van der Waals surface area contributed by atoms with Crippen LogP contribution in [0.5, 0.6) is 0 Å². The molecular weight excluding hydrogens is 400 g/mol. The molecule has 1 aliphatic rings. The van der Waals surface area contributed by atoms with Crippen molar-refractivity contribution in [1.29, 1.82) is 0 Å². The molecule has 1 aromatic carbocycles. The largest absolute Gasteiger partial charge is 0.378 e. The van der Waals surface area contributed by atoms with Gasteiger partial charge in [-0.1, -0.05) is 36.0 Å². The first-order valence-corrected chi connectivity index (χ1v) is 10.8. The molecule has 3 aromatic rings. The zero-order chi connectivity index (χ0) is 20.8. The van der Waals surface area contributed by atoms with Crippen LogP contribution < -0.4 is 10.2 Å². The summed E-state index contributed by atoms with van der Waals surface area (Å²) in [6, 6.07) is 13.8. The van der Waals surface area contributed by atoms with E-state index >= 15 is 0 Å². The molecule has 1 fully saturated rings. The van der Waals surface area contributed by atoms with Crippen LogP contribution in [0.1, 0.15) is 11.3 Å². The normalized spacial score (nSPS) is 14.0. The number of anilines is 1. The number of aryl methyl sites for hydroxylation is 1. The lowest BCUT2D eigenvalue weighted by molar-refractivity contribution is -0.118. The highest BCUT2D eigenvalue weighted by Crippen LogP contribution is 2.28. The van der Waals surface area contributed by atoms with Crippen molar-refractivity contribution in [2.24, 2.45) is 0 Å². The summed E-state index contributed by atoms with van der Waals surface area (Å²) in [6.07, 6.45) is 1.72. The first-order valence-electron chi connectivity index (χ1n) is 9.86. The van der Waals surface area contributed by atoms with Gasteiger partial charge in [0.15, 0.2) is 5.16 Å². The van der Waals surface area contributed by atoms with Gasteiger partial charge in [-0.15, -0.1) is 10.2 Å². The molecule has 8 nitrogen and oxygen atoms in total. The number of amides is 1. The first kappa shape index (κ1) is 20.4. The Hall–Kier alpha value is -2.91. The summed E-state index contributed by atoms with van der Waals surface area (Å²) in [5, 5.41) is 12.4. The second-order valence-electron chi connectivity index (χ2n) is 6.89. The molecule has 0 spiro atoms. The van der Waals surface area contributed by atoms with Crippen LogP contribution in [0.25, 0.3) is 5.69 Å². The van der Waals surface area contributed by atoms with Crippen molar-refractivity contribution in [3.63, 3.8) is 0 Å². The third kappa shape index (κ3) is 4.80. The molecule has 9 heteroatoms. The Bertz CT molecular complexity index is 988. The minimum atomic E-state index is -0.0714. The van der Waals surface area contributed by atoms with Crippen LogP contribution in [0.3, 0.4) is 0 Å². The Balaban J connectivity index is 1.50. The predicted octanol–water partition coefficient (Wildman–Crippen LogP) is 2.22. The van der Waals surface area contributed by atoms with Gasteiger partial charge in [-0.2, -0.15) is 0 Å². The maximum absolute atomic E-state index is 12.4. The van der Waals surface area contributed by atoms with Crippen LogP contribution in [-0.4, -0.2) is 57.7 Å². The van der Waals surface area contributed by atoms with E-state index in [1.165, 1.54) is 11.8 Å². The predicted molar refractivity (Wildman–Crippen MR) is 116 cm³/mol. The maximum atomic E-state index is 12.4. The van der Waals surface area contributed by atoms with Gasteiger partial charge < -0.3 is 15.0 Å². The van der Waals surface area contributed by atoms with E-state index in [-0.39, 0.29) is 11.7 Å². The van der Waals surface area contributed by atoms with Crippen molar-refractivity contribution in [2.45, 2.75) is 18.6 Å². The number of nitrogens with one attached hydrogen (secondary N) is 1. The molecule has 0 atom stereocenters. The molecule has 3 heterocycles. The standard InChI is InChI=1S/C21H24N6O2S/c1-16-6-2-3-8-18(16)27-20(26-10-12-29-13-11-26)24-25-21(27)30-15-19(28)23-14-17-7-4-5-9-22-17/h2-9H,10-15H2,1H3,(H,23,28). The molecule has 30 heavy (non-hydrogen) atoms. The molecule has 0 saturated carbocycles. The van der Waals surface area contributed by atoms with Crippen molar-refractivity contribution >= 4 is 23.6 Å². The Labute approximate surface area is 179 Å². The van der Waals surface area contributed by atoms with Gasteiger partial charge in [-0.05, 0) is 30.7 Å². The van der Waals surface area contributed by atoms with Crippen molar-refractivity contribution in [3.8, 4) is 5.69 Å². The highest BCUT2D eigenvalue weighted by Gasteiger charge is 2.23. The SMILES string of the molecule is Cc1ccccc1-n1c(SCC(=O)NCc2ccccn2)nnc1N1CCOCC1. The summed E-state index contributed by atoms with van der Waals surface area (Å²) in [5.74, 6) is 0.960. The van der Waals surface area contributed by atoms with E-state index < -0.39 is 0 Å². The molecule has 156 valence electrons. The smallest absolute Gasteiger partial charge is 0.232 e. The van der Waals surface area contributed by atoms with Gasteiger partial charge in [0.2, 0.25) is 11.9 Å². The number of pyridine rings is 1. The van der Waals surface area contributed by atoms with Gasteiger partial charge in [0, 0.05) is 19.3 Å². The molecule has 0 aliphatic carbocycles. The summed E-state index contributed by atoms with van der Waals surface area (Å²) in [6.45, 7) is 5.33. The molecule has 1 amide bonds. The first-order chi connectivity index (χ1) is 14.7. The lowest BCUT2D eigenvalue weighted by Gasteiger charge is -2.28. The molecular formula is C21H24N6O2S. The zero-order valence-electron chi connectivity index (χ0n) is 16.8. The second kappa shape index (κ2) is 9.73. The summed E-state index contributed by atoms with van der Waals surface area (Å²) in [4.78, 5) is 18.8.